The highest BCUT2D eigenvalue weighted by molar-refractivity contribution is 7.89. The molecule has 1 saturated heterocycles. The van der Waals surface area contributed by atoms with Crippen molar-refractivity contribution < 1.29 is 13.2 Å². The summed E-state index contributed by atoms with van der Waals surface area (Å²) >= 11 is 1.58. The lowest BCUT2D eigenvalue weighted by atomic mass is 10.0. The molecule has 0 radical (unpaired) electrons. The highest BCUT2D eigenvalue weighted by Crippen LogP contribution is 2.25. The van der Waals surface area contributed by atoms with Crippen molar-refractivity contribution in [2.24, 2.45) is 0 Å². The molecule has 1 aliphatic heterocycles. The van der Waals surface area contributed by atoms with Crippen LogP contribution in [0.4, 0.5) is 5.69 Å². The zero-order chi connectivity index (χ0) is 20.3. The van der Waals surface area contributed by atoms with E-state index in [2.05, 4.69) is 9.71 Å². The lowest BCUT2D eigenvalue weighted by Crippen LogP contribution is -2.30. The first-order chi connectivity index (χ1) is 14.0. The number of aromatic nitrogens is 1. The number of anilines is 1. The van der Waals surface area contributed by atoms with E-state index in [1.54, 1.807) is 59.0 Å². The Labute approximate surface area is 174 Å². The summed E-state index contributed by atoms with van der Waals surface area (Å²) in [5, 5.41) is 3.99. The fourth-order valence-corrected chi connectivity index (χ4v) is 5.34. The number of carbonyl (C=O) groups excluding carboxylic acids is 1. The molecule has 0 unspecified atom stereocenters. The van der Waals surface area contributed by atoms with E-state index in [1.165, 1.54) is 0 Å². The van der Waals surface area contributed by atoms with Crippen LogP contribution in [0.15, 0.2) is 70.5 Å². The van der Waals surface area contributed by atoms with Gasteiger partial charge in [0, 0.05) is 31.0 Å². The van der Waals surface area contributed by atoms with Crippen LogP contribution in [0.2, 0.25) is 0 Å². The Morgan fingerprint density at radius 2 is 2.00 bits per heavy atom. The van der Waals surface area contributed by atoms with Crippen molar-refractivity contribution in [3.63, 3.8) is 0 Å². The number of amides is 1. The summed E-state index contributed by atoms with van der Waals surface area (Å²) in [6.45, 7) is 0.674. The van der Waals surface area contributed by atoms with Gasteiger partial charge in [-0.15, -0.1) is 0 Å². The maximum Gasteiger partial charge on any atom is 0.241 e. The van der Waals surface area contributed by atoms with Gasteiger partial charge in [-0.2, -0.15) is 11.3 Å². The largest absolute Gasteiger partial charge is 0.312 e. The van der Waals surface area contributed by atoms with Gasteiger partial charge in [0.1, 0.15) is 0 Å². The minimum Gasteiger partial charge on any atom is -0.312 e. The molecule has 29 heavy (non-hydrogen) atoms. The second kappa shape index (κ2) is 8.44. The van der Waals surface area contributed by atoms with Gasteiger partial charge in [-0.25, -0.2) is 13.1 Å². The lowest BCUT2D eigenvalue weighted by Gasteiger charge is -2.19. The third kappa shape index (κ3) is 4.55. The monoisotopic (exact) mass is 427 g/mol. The summed E-state index contributed by atoms with van der Waals surface area (Å²) in [7, 11) is -3.74. The van der Waals surface area contributed by atoms with E-state index in [1.807, 2.05) is 22.9 Å². The topological polar surface area (TPSA) is 79.4 Å². The Morgan fingerprint density at radius 3 is 2.62 bits per heavy atom. The van der Waals surface area contributed by atoms with Gasteiger partial charge < -0.3 is 4.90 Å². The molecule has 2 aromatic heterocycles. The van der Waals surface area contributed by atoms with Gasteiger partial charge in [-0.3, -0.25) is 9.78 Å². The number of carbonyl (C=O) groups is 1. The number of nitrogens with one attached hydrogen (secondary N) is 1. The third-order valence-corrected chi connectivity index (χ3v) is 7.16. The second-order valence-electron chi connectivity index (χ2n) is 6.94. The first kappa shape index (κ1) is 19.8. The van der Waals surface area contributed by atoms with Crippen LogP contribution in [0.1, 0.15) is 30.0 Å². The van der Waals surface area contributed by atoms with Crippen molar-refractivity contribution >= 4 is 33.0 Å². The first-order valence-corrected chi connectivity index (χ1v) is 11.8. The van der Waals surface area contributed by atoms with Gasteiger partial charge in [0.05, 0.1) is 10.9 Å². The zero-order valence-electron chi connectivity index (χ0n) is 15.7. The van der Waals surface area contributed by atoms with E-state index in [9.17, 15) is 13.2 Å². The SMILES string of the molecule is O=C1CCCN1c1ccc(S(=O)(=O)N[C@@H](Cc2ccsc2)c2cccnc2)cc1. The molecule has 3 heterocycles. The average Bonchev–Trinajstić information content (AvgIpc) is 3.40. The number of pyridine rings is 1. The van der Waals surface area contributed by atoms with Gasteiger partial charge in [-0.1, -0.05) is 6.07 Å². The number of thiophene rings is 1. The molecule has 0 aliphatic carbocycles. The summed E-state index contributed by atoms with van der Waals surface area (Å²) in [6.07, 6.45) is 5.25. The van der Waals surface area contributed by atoms with Crippen molar-refractivity contribution in [2.75, 3.05) is 11.4 Å². The van der Waals surface area contributed by atoms with E-state index in [0.29, 0.717) is 19.4 Å². The number of rotatable bonds is 7. The predicted octanol–water partition coefficient (Wildman–Crippen LogP) is 3.53. The minimum atomic E-state index is -3.74. The lowest BCUT2D eigenvalue weighted by molar-refractivity contribution is -0.117. The first-order valence-electron chi connectivity index (χ1n) is 9.37. The van der Waals surface area contributed by atoms with E-state index in [4.69, 9.17) is 0 Å². The van der Waals surface area contributed by atoms with Crippen molar-refractivity contribution in [1.29, 1.82) is 0 Å². The number of sulfonamides is 1. The molecule has 150 valence electrons. The highest BCUT2D eigenvalue weighted by atomic mass is 32.2. The van der Waals surface area contributed by atoms with Crippen LogP contribution in [0.25, 0.3) is 0 Å². The molecule has 0 saturated carbocycles. The molecular weight excluding hydrogens is 406 g/mol. The van der Waals surface area contributed by atoms with Gasteiger partial charge in [0.2, 0.25) is 15.9 Å². The summed E-state index contributed by atoms with van der Waals surface area (Å²) < 4.78 is 28.9. The smallest absolute Gasteiger partial charge is 0.241 e. The molecular formula is C21H21N3O3S2. The quantitative estimate of drug-likeness (QED) is 0.626. The summed E-state index contributed by atoms with van der Waals surface area (Å²) in [4.78, 5) is 17.9. The van der Waals surface area contributed by atoms with Crippen LogP contribution in [0.3, 0.4) is 0 Å². The van der Waals surface area contributed by atoms with Crippen molar-refractivity contribution in [2.45, 2.75) is 30.2 Å². The molecule has 1 amide bonds. The van der Waals surface area contributed by atoms with Crippen molar-refractivity contribution in [1.82, 2.24) is 9.71 Å². The molecule has 6 nitrogen and oxygen atoms in total. The normalized spacial score (nSPS) is 15.6. The Hall–Kier alpha value is -2.55. The molecule has 1 aromatic carbocycles. The molecule has 1 N–H and O–H groups in total. The van der Waals surface area contributed by atoms with Crippen LogP contribution in [-0.4, -0.2) is 25.9 Å². The minimum absolute atomic E-state index is 0.0751. The maximum atomic E-state index is 13.0. The summed E-state index contributed by atoms with van der Waals surface area (Å²) in [6, 6.07) is 11.7. The van der Waals surface area contributed by atoms with Crippen molar-refractivity contribution in [3.8, 4) is 0 Å². The number of benzene rings is 1. The fourth-order valence-electron chi connectivity index (χ4n) is 3.44. The maximum absolute atomic E-state index is 13.0. The molecule has 3 aromatic rings. The standard InChI is InChI=1S/C21H21N3O3S2/c25-21-4-2-11-24(21)18-5-7-19(8-6-18)29(26,27)23-20(13-16-9-12-28-15-16)17-3-1-10-22-14-17/h1,3,5-10,12,14-15,20,23H,2,4,11,13H2/t20-/m0/s1. The van der Waals surface area contributed by atoms with Crippen LogP contribution in [0.5, 0.6) is 0 Å². The van der Waals surface area contributed by atoms with Crippen LogP contribution < -0.4 is 9.62 Å². The summed E-state index contributed by atoms with van der Waals surface area (Å²) in [5.74, 6) is 0.0751. The van der Waals surface area contributed by atoms with Gasteiger partial charge in [-0.05, 0) is 71.1 Å². The van der Waals surface area contributed by atoms with E-state index < -0.39 is 16.1 Å². The molecule has 0 bridgehead atoms. The molecule has 8 heteroatoms. The van der Waals surface area contributed by atoms with E-state index >= 15 is 0 Å². The van der Waals surface area contributed by atoms with Crippen LogP contribution >= 0.6 is 11.3 Å². The fraction of sp³-hybridized carbons (Fsp3) is 0.238. The molecule has 1 atom stereocenters. The number of nitrogens with zero attached hydrogens (tertiary/aromatic N) is 2. The zero-order valence-corrected chi connectivity index (χ0v) is 17.3. The van der Waals surface area contributed by atoms with Crippen molar-refractivity contribution in [3.05, 3.63) is 76.7 Å². The van der Waals surface area contributed by atoms with E-state index in [-0.39, 0.29) is 10.8 Å². The predicted molar refractivity (Wildman–Crippen MR) is 113 cm³/mol. The third-order valence-electron chi connectivity index (χ3n) is 4.94. The average molecular weight is 428 g/mol. The molecule has 1 aliphatic rings. The van der Waals surface area contributed by atoms with Crippen LogP contribution in [0, 0.1) is 0 Å². The molecule has 4 rings (SSSR count). The van der Waals surface area contributed by atoms with Gasteiger partial charge in [0.25, 0.3) is 0 Å². The Kier molecular flexibility index (Phi) is 5.75. The molecule has 0 spiro atoms. The Balaban J connectivity index is 1.57. The Morgan fingerprint density at radius 1 is 1.17 bits per heavy atom. The number of hydrogen-bond donors (Lipinski definition) is 1. The van der Waals surface area contributed by atoms with Gasteiger partial charge in [0.15, 0.2) is 0 Å². The molecule has 1 fully saturated rings. The number of hydrogen-bond acceptors (Lipinski definition) is 5. The second-order valence-corrected chi connectivity index (χ2v) is 9.43. The van der Waals surface area contributed by atoms with Gasteiger partial charge >= 0.3 is 0 Å². The highest BCUT2D eigenvalue weighted by Gasteiger charge is 2.24. The Bertz CT molecular complexity index is 1070. The summed E-state index contributed by atoms with van der Waals surface area (Å²) in [5.41, 5.74) is 2.60. The van der Waals surface area contributed by atoms with E-state index in [0.717, 1.165) is 23.2 Å². The van der Waals surface area contributed by atoms with Crippen LogP contribution in [-0.2, 0) is 21.2 Å².